The number of nitrogens with zero attached hydrogens (tertiary/aromatic N) is 1. The van der Waals surface area contributed by atoms with Gasteiger partial charge < -0.3 is 10.0 Å². The van der Waals surface area contributed by atoms with E-state index in [9.17, 15) is 18.3 Å². The molecule has 2 fully saturated rings. The van der Waals surface area contributed by atoms with E-state index in [0.717, 1.165) is 24.8 Å². The fourth-order valence-electron chi connectivity index (χ4n) is 3.88. The zero-order valence-electron chi connectivity index (χ0n) is 13.3. The molecule has 2 aliphatic heterocycles. The Morgan fingerprint density at radius 2 is 1.74 bits per heavy atom. The minimum atomic E-state index is -3.21. The number of aliphatic hydroxyl groups is 1. The van der Waals surface area contributed by atoms with Gasteiger partial charge in [0, 0.05) is 18.3 Å². The Labute approximate surface area is 137 Å². The maximum atomic E-state index is 12.7. The molecule has 5 nitrogen and oxygen atoms in total. The van der Waals surface area contributed by atoms with Crippen LogP contribution >= 0.6 is 0 Å². The van der Waals surface area contributed by atoms with Crippen LogP contribution in [0.25, 0.3) is 0 Å². The number of carbonyl (C=O) groups is 1. The van der Waals surface area contributed by atoms with Gasteiger partial charge in [0.15, 0.2) is 9.84 Å². The Balaban J connectivity index is 1.72. The Morgan fingerprint density at radius 1 is 1.17 bits per heavy atom. The average Bonchev–Trinajstić information content (AvgIpc) is 2.45. The first-order valence-corrected chi connectivity index (χ1v) is 10.0. The molecule has 1 aromatic rings. The molecule has 0 aromatic heterocycles. The lowest BCUT2D eigenvalue weighted by atomic mass is 9.82. The molecule has 2 heterocycles. The standard InChI is InChI=1S/C17H23NO4S/c1-23(21,22)16-7-5-12(6-8-16)9-17(20)18-13-3-2-4-14(18)11-15(19)10-13/h5-8,13-15,19H,2-4,9-11H2,1H3/t13-,14+,15?. The van der Waals surface area contributed by atoms with Gasteiger partial charge in [-0.15, -0.1) is 0 Å². The minimum absolute atomic E-state index is 0.0821. The van der Waals surface area contributed by atoms with E-state index in [1.54, 1.807) is 24.3 Å². The number of amides is 1. The molecule has 3 rings (SSSR count). The Kier molecular flexibility index (Phi) is 4.47. The minimum Gasteiger partial charge on any atom is -0.393 e. The number of hydrogen-bond acceptors (Lipinski definition) is 4. The molecule has 0 spiro atoms. The monoisotopic (exact) mass is 337 g/mol. The SMILES string of the molecule is CS(=O)(=O)c1ccc(CC(=O)N2[C@@H]3CCC[C@H]2CC(O)C3)cc1. The summed E-state index contributed by atoms with van der Waals surface area (Å²) in [4.78, 5) is 14.9. The van der Waals surface area contributed by atoms with Crippen LogP contribution in [0.3, 0.4) is 0 Å². The lowest BCUT2D eigenvalue weighted by molar-refractivity contribution is -0.143. The van der Waals surface area contributed by atoms with Crippen LogP contribution in [-0.2, 0) is 21.1 Å². The maximum absolute atomic E-state index is 12.7. The molecule has 0 saturated carbocycles. The van der Waals surface area contributed by atoms with Crippen LogP contribution in [0.5, 0.6) is 0 Å². The maximum Gasteiger partial charge on any atom is 0.227 e. The molecule has 0 radical (unpaired) electrons. The van der Waals surface area contributed by atoms with Crippen LogP contribution in [0.2, 0.25) is 0 Å². The van der Waals surface area contributed by atoms with Crippen LogP contribution in [-0.4, -0.2) is 48.8 Å². The van der Waals surface area contributed by atoms with Crippen LogP contribution in [0.15, 0.2) is 29.2 Å². The van der Waals surface area contributed by atoms with Crippen molar-refractivity contribution < 1.29 is 18.3 Å². The molecule has 2 saturated heterocycles. The van der Waals surface area contributed by atoms with Crippen LogP contribution in [0.1, 0.15) is 37.7 Å². The smallest absolute Gasteiger partial charge is 0.227 e. The molecule has 0 aliphatic carbocycles. The lowest BCUT2D eigenvalue weighted by Crippen LogP contribution is -2.56. The highest BCUT2D eigenvalue weighted by Crippen LogP contribution is 2.34. The average molecular weight is 337 g/mol. The van der Waals surface area contributed by atoms with Crippen molar-refractivity contribution in [3.63, 3.8) is 0 Å². The van der Waals surface area contributed by atoms with Gasteiger partial charge in [-0.1, -0.05) is 12.1 Å². The number of aliphatic hydroxyl groups excluding tert-OH is 1. The summed E-state index contributed by atoms with van der Waals surface area (Å²) in [6, 6.07) is 6.84. The fourth-order valence-corrected chi connectivity index (χ4v) is 4.51. The molecule has 1 aromatic carbocycles. The summed E-state index contributed by atoms with van der Waals surface area (Å²) in [5.74, 6) is 0.0821. The second kappa shape index (κ2) is 6.24. The first-order valence-electron chi connectivity index (χ1n) is 8.13. The van der Waals surface area contributed by atoms with Gasteiger partial charge >= 0.3 is 0 Å². The van der Waals surface area contributed by atoms with Crippen molar-refractivity contribution in [1.29, 1.82) is 0 Å². The van der Waals surface area contributed by atoms with Gasteiger partial charge in [-0.25, -0.2) is 8.42 Å². The van der Waals surface area contributed by atoms with Gasteiger partial charge in [0.2, 0.25) is 5.91 Å². The van der Waals surface area contributed by atoms with Gasteiger partial charge in [-0.2, -0.15) is 0 Å². The van der Waals surface area contributed by atoms with Crippen molar-refractivity contribution in [1.82, 2.24) is 4.90 Å². The quantitative estimate of drug-likeness (QED) is 0.908. The second-order valence-electron chi connectivity index (χ2n) is 6.76. The van der Waals surface area contributed by atoms with Crippen molar-refractivity contribution in [2.24, 2.45) is 0 Å². The first-order chi connectivity index (χ1) is 10.8. The van der Waals surface area contributed by atoms with Gasteiger partial charge in [-0.05, 0) is 49.8 Å². The van der Waals surface area contributed by atoms with Crippen molar-refractivity contribution in [3.8, 4) is 0 Å². The second-order valence-corrected chi connectivity index (χ2v) is 8.77. The molecule has 6 heteroatoms. The van der Waals surface area contributed by atoms with E-state index in [1.807, 2.05) is 4.90 Å². The Hall–Kier alpha value is -1.40. The topological polar surface area (TPSA) is 74.7 Å². The normalized spacial score (nSPS) is 27.7. The summed E-state index contributed by atoms with van der Waals surface area (Å²) >= 11 is 0. The van der Waals surface area contributed by atoms with E-state index in [0.29, 0.717) is 12.8 Å². The van der Waals surface area contributed by atoms with E-state index < -0.39 is 9.84 Å². The number of benzene rings is 1. The zero-order chi connectivity index (χ0) is 16.6. The fraction of sp³-hybridized carbons (Fsp3) is 0.588. The third-order valence-corrected chi connectivity index (χ3v) is 6.07. The van der Waals surface area contributed by atoms with E-state index in [1.165, 1.54) is 6.26 Å². The van der Waals surface area contributed by atoms with Gasteiger partial charge in [0.1, 0.15) is 0 Å². The predicted molar refractivity (Wildman–Crippen MR) is 86.8 cm³/mol. The number of rotatable bonds is 3. The lowest BCUT2D eigenvalue weighted by Gasteiger charge is -2.47. The van der Waals surface area contributed by atoms with E-state index >= 15 is 0 Å². The summed E-state index contributed by atoms with van der Waals surface area (Å²) in [5, 5.41) is 9.92. The van der Waals surface area contributed by atoms with Crippen molar-refractivity contribution in [2.75, 3.05) is 6.26 Å². The predicted octanol–water partition coefficient (Wildman–Crippen LogP) is 1.54. The largest absolute Gasteiger partial charge is 0.393 e. The van der Waals surface area contributed by atoms with Gasteiger partial charge in [-0.3, -0.25) is 4.79 Å². The highest BCUT2D eigenvalue weighted by atomic mass is 32.2. The summed E-state index contributed by atoms with van der Waals surface area (Å²) in [5.41, 5.74) is 0.826. The van der Waals surface area contributed by atoms with E-state index in [2.05, 4.69) is 0 Å². The highest BCUT2D eigenvalue weighted by molar-refractivity contribution is 7.90. The number of sulfone groups is 1. The van der Waals surface area contributed by atoms with Crippen LogP contribution < -0.4 is 0 Å². The summed E-state index contributed by atoms with van der Waals surface area (Å²) in [6.07, 6.45) is 5.57. The summed E-state index contributed by atoms with van der Waals surface area (Å²) in [7, 11) is -3.21. The van der Waals surface area contributed by atoms with Crippen LogP contribution in [0.4, 0.5) is 0 Å². The Bertz CT molecular complexity index is 669. The highest BCUT2D eigenvalue weighted by Gasteiger charge is 2.39. The summed E-state index contributed by atoms with van der Waals surface area (Å²) in [6.45, 7) is 0. The molecule has 2 bridgehead atoms. The zero-order valence-corrected chi connectivity index (χ0v) is 14.1. The third-order valence-electron chi connectivity index (χ3n) is 4.94. The summed E-state index contributed by atoms with van der Waals surface area (Å²) < 4.78 is 23.0. The van der Waals surface area contributed by atoms with Crippen molar-refractivity contribution in [3.05, 3.63) is 29.8 Å². The molecule has 1 unspecified atom stereocenters. The molecule has 1 N–H and O–H groups in total. The van der Waals surface area contributed by atoms with Crippen molar-refractivity contribution in [2.45, 2.75) is 61.6 Å². The van der Waals surface area contributed by atoms with Gasteiger partial charge in [0.05, 0.1) is 17.4 Å². The molecule has 23 heavy (non-hydrogen) atoms. The first kappa shape index (κ1) is 16.5. The van der Waals surface area contributed by atoms with Crippen LogP contribution in [0, 0.1) is 0 Å². The molecular weight excluding hydrogens is 314 g/mol. The molecular formula is C17H23NO4S. The van der Waals surface area contributed by atoms with Crippen molar-refractivity contribution >= 4 is 15.7 Å². The number of piperidine rings is 2. The molecule has 3 atom stereocenters. The van der Waals surface area contributed by atoms with E-state index in [-0.39, 0.29) is 35.4 Å². The number of carbonyl (C=O) groups excluding carboxylic acids is 1. The number of fused-ring (bicyclic) bond motifs is 2. The third kappa shape index (κ3) is 3.58. The Morgan fingerprint density at radius 3 is 2.26 bits per heavy atom. The molecule has 2 aliphatic rings. The number of hydrogen-bond donors (Lipinski definition) is 1. The molecule has 1 amide bonds. The van der Waals surface area contributed by atoms with Gasteiger partial charge in [0.25, 0.3) is 0 Å². The van der Waals surface area contributed by atoms with E-state index in [4.69, 9.17) is 0 Å². The molecule has 126 valence electrons.